The van der Waals surface area contributed by atoms with Gasteiger partial charge >= 0.3 is 0 Å². The van der Waals surface area contributed by atoms with Gasteiger partial charge < -0.3 is 15.2 Å². The summed E-state index contributed by atoms with van der Waals surface area (Å²) in [5.41, 5.74) is 8.26. The zero-order chi connectivity index (χ0) is 13.5. The van der Waals surface area contributed by atoms with Crippen molar-refractivity contribution < 1.29 is 9.47 Å². The molecule has 2 heterocycles. The van der Waals surface area contributed by atoms with Crippen molar-refractivity contribution in [3.8, 4) is 11.6 Å². The van der Waals surface area contributed by atoms with Gasteiger partial charge in [-0.25, -0.2) is 4.98 Å². The highest BCUT2D eigenvalue weighted by Gasteiger charge is 2.34. The fraction of sp³-hybridized carbons (Fsp3) is 0.267. The fourth-order valence-corrected chi connectivity index (χ4v) is 2.39. The van der Waals surface area contributed by atoms with E-state index in [9.17, 15) is 0 Å². The van der Waals surface area contributed by atoms with Gasteiger partial charge in [-0.05, 0) is 37.6 Å². The van der Waals surface area contributed by atoms with Gasteiger partial charge in [-0.2, -0.15) is 0 Å². The van der Waals surface area contributed by atoms with E-state index in [2.05, 4.69) is 11.1 Å². The summed E-state index contributed by atoms with van der Waals surface area (Å²) < 4.78 is 11.7. The number of rotatable bonds is 2. The van der Waals surface area contributed by atoms with Crippen LogP contribution in [-0.4, -0.2) is 4.98 Å². The van der Waals surface area contributed by atoms with Crippen LogP contribution in [0.4, 0.5) is 5.69 Å². The molecule has 1 aromatic carbocycles. The number of benzene rings is 1. The molecule has 0 saturated carbocycles. The molecule has 0 bridgehead atoms. The molecular formula is C15H16N2O2. The molecule has 4 heteroatoms. The molecule has 1 aliphatic rings. The molecule has 0 radical (unpaired) electrons. The number of ether oxygens (including phenoxy) is 2. The quantitative estimate of drug-likeness (QED) is 0.896. The zero-order valence-corrected chi connectivity index (χ0v) is 11.0. The molecule has 2 aromatic rings. The first-order valence-electron chi connectivity index (χ1n) is 6.22. The van der Waals surface area contributed by atoms with Gasteiger partial charge in [0.2, 0.25) is 5.88 Å². The van der Waals surface area contributed by atoms with Crippen molar-refractivity contribution in [1.29, 1.82) is 0 Å². The first-order valence-corrected chi connectivity index (χ1v) is 6.22. The normalized spacial score (nSPS) is 16.1. The van der Waals surface area contributed by atoms with Crippen LogP contribution in [0.3, 0.4) is 0 Å². The first-order chi connectivity index (χ1) is 9.08. The van der Waals surface area contributed by atoms with Crippen LogP contribution in [0, 0.1) is 0 Å². The molecule has 0 amide bonds. The van der Waals surface area contributed by atoms with Gasteiger partial charge in [0.25, 0.3) is 0 Å². The van der Waals surface area contributed by atoms with E-state index in [0.29, 0.717) is 18.2 Å². The molecule has 0 aliphatic carbocycles. The van der Waals surface area contributed by atoms with Crippen LogP contribution < -0.4 is 10.5 Å². The number of aromatic nitrogens is 1. The Morgan fingerprint density at radius 2 is 2.11 bits per heavy atom. The summed E-state index contributed by atoms with van der Waals surface area (Å²) in [6.07, 6.45) is 1.66. The van der Waals surface area contributed by atoms with Gasteiger partial charge in [-0.1, -0.05) is 12.1 Å². The van der Waals surface area contributed by atoms with E-state index in [-0.39, 0.29) is 5.60 Å². The molecule has 2 N–H and O–H groups in total. The predicted molar refractivity (Wildman–Crippen MR) is 73.0 cm³/mol. The molecule has 1 aliphatic heterocycles. The molecule has 0 spiro atoms. The maximum Gasteiger partial charge on any atom is 0.242 e. The van der Waals surface area contributed by atoms with E-state index in [1.807, 2.05) is 26.0 Å². The van der Waals surface area contributed by atoms with Crippen LogP contribution in [0.2, 0.25) is 0 Å². The van der Waals surface area contributed by atoms with Crippen LogP contribution in [0.25, 0.3) is 0 Å². The predicted octanol–water partition coefficient (Wildman–Crippen LogP) is 3.22. The number of fused-ring (bicyclic) bond motifs is 1. The number of nitrogens with two attached hydrogens (primary N) is 1. The van der Waals surface area contributed by atoms with Crippen molar-refractivity contribution in [2.24, 2.45) is 0 Å². The molecule has 3 rings (SSSR count). The van der Waals surface area contributed by atoms with E-state index in [4.69, 9.17) is 15.2 Å². The number of nitrogens with zero attached hydrogens (tertiary/aromatic N) is 1. The summed E-state index contributed by atoms with van der Waals surface area (Å²) in [6.45, 7) is 4.68. The summed E-state index contributed by atoms with van der Waals surface area (Å²) in [7, 11) is 0. The number of pyridine rings is 1. The Morgan fingerprint density at radius 3 is 2.89 bits per heavy atom. The Kier molecular flexibility index (Phi) is 2.68. The highest BCUT2D eigenvalue weighted by molar-refractivity contribution is 5.52. The van der Waals surface area contributed by atoms with Crippen molar-refractivity contribution in [3.63, 3.8) is 0 Å². The van der Waals surface area contributed by atoms with Crippen LogP contribution in [-0.2, 0) is 16.9 Å². The van der Waals surface area contributed by atoms with Crippen molar-refractivity contribution in [2.45, 2.75) is 26.1 Å². The summed E-state index contributed by atoms with van der Waals surface area (Å²) in [4.78, 5) is 4.16. The van der Waals surface area contributed by atoms with E-state index in [1.54, 1.807) is 18.3 Å². The minimum atomic E-state index is -0.352. The van der Waals surface area contributed by atoms with Gasteiger partial charge in [0.15, 0.2) is 0 Å². The van der Waals surface area contributed by atoms with Crippen molar-refractivity contribution in [3.05, 3.63) is 47.7 Å². The van der Waals surface area contributed by atoms with Crippen molar-refractivity contribution in [1.82, 2.24) is 4.98 Å². The molecule has 0 unspecified atom stereocenters. The van der Waals surface area contributed by atoms with Gasteiger partial charge in [0, 0.05) is 11.8 Å². The lowest BCUT2D eigenvalue weighted by Crippen LogP contribution is -2.15. The second-order valence-electron chi connectivity index (χ2n) is 5.09. The third kappa shape index (κ3) is 2.04. The summed E-state index contributed by atoms with van der Waals surface area (Å²) in [5, 5.41) is 0. The summed E-state index contributed by atoms with van der Waals surface area (Å²) >= 11 is 0. The van der Waals surface area contributed by atoms with E-state index in [0.717, 1.165) is 16.9 Å². The standard InChI is InChI=1S/C15H16N2O2/c1-15(2)13-10(9-18-15)5-3-7-12(13)19-14-11(16)6-4-8-17-14/h3-8H,9,16H2,1-2H3. The number of nitrogen functional groups attached to an aromatic ring is 1. The van der Waals surface area contributed by atoms with E-state index < -0.39 is 0 Å². The average molecular weight is 256 g/mol. The van der Waals surface area contributed by atoms with Crippen LogP contribution in [0.1, 0.15) is 25.0 Å². The topological polar surface area (TPSA) is 57.4 Å². The van der Waals surface area contributed by atoms with E-state index in [1.165, 1.54) is 0 Å². The highest BCUT2D eigenvalue weighted by atomic mass is 16.5. The Morgan fingerprint density at radius 1 is 1.26 bits per heavy atom. The largest absolute Gasteiger partial charge is 0.437 e. The summed E-state index contributed by atoms with van der Waals surface area (Å²) in [6, 6.07) is 9.48. The second-order valence-corrected chi connectivity index (χ2v) is 5.09. The van der Waals surface area contributed by atoms with Crippen molar-refractivity contribution >= 4 is 5.69 Å². The molecule has 0 atom stereocenters. The van der Waals surface area contributed by atoms with Crippen LogP contribution in [0.5, 0.6) is 11.6 Å². The van der Waals surface area contributed by atoms with E-state index >= 15 is 0 Å². The lowest BCUT2D eigenvalue weighted by atomic mass is 9.95. The third-order valence-electron chi connectivity index (χ3n) is 3.31. The van der Waals surface area contributed by atoms with Crippen LogP contribution >= 0.6 is 0 Å². The van der Waals surface area contributed by atoms with Crippen LogP contribution in [0.15, 0.2) is 36.5 Å². The Bertz CT molecular complexity index is 623. The molecule has 1 aromatic heterocycles. The third-order valence-corrected chi connectivity index (χ3v) is 3.31. The SMILES string of the molecule is CC1(C)OCc2cccc(Oc3ncccc3N)c21. The number of hydrogen-bond donors (Lipinski definition) is 1. The van der Waals surface area contributed by atoms with Gasteiger partial charge in [-0.3, -0.25) is 0 Å². The molecule has 0 fully saturated rings. The molecular weight excluding hydrogens is 240 g/mol. The summed E-state index contributed by atoms with van der Waals surface area (Å²) in [5.74, 6) is 1.18. The highest BCUT2D eigenvalue weighted by Crippen LogP contribution is 2.43. The molecule has 98 valence electrons. The van der Waals surface area contributed by atoms with Gasteiger partial charge in [0.1, 0.15) is 5.75 Å². The molecule has 19 heavy (non-hydrogen) atoms. The number of anilines is 1. The van der Waals surface area contributed by atoms with Crippen molar-refractivity contribution in [2.75, 3.05) is 5.73 Å². The maximum absolute atomic E-state index is 5.87. The monoisotopic (exact) mass is 256 g/mol. The second kappa shape index (κ2) is 4.24. The average Bonchev–Trinajstić information content (AvgIpc) is 2.69. The molecule has 0 saturated heterocycles. The molecule has 4 nitrogen and oxygen atoms in total. The Balaban J connectivity index is 2.04. The minimum Gasteiger partial charge on any atom is -0.437 e. The maximum atomic E-state index is 5.87. The lowest BCUT2D eigenvalue weighted by molar-refractivity contribution is -0.00875. The minimum absolute atomic E-state index is 0.352. The van der Waals surface area contributed by atoms with Gasteiger partial charge in [0.05, 0.1) is 17.9 Å². The Hall–Kier alpha value is -2.07. The van der Waals surface area contributed by atoms with Gasteiger partial charge in [-0.15, -0.1) is 0 Å². The smallest absolute Gasteiger partial charge is 0.242 e. The lowest BCUT2D eigenvalue weighted by Gasteiger charge is -2.21. The Labute approximate surface area is 112 Å². The fourth-order valence-electron chi connectivity index (χ4n) is 2.39. The number of hydrogen-bond acceptors (Lipinski definition) is 4. The first kappa shape index (κ1) is 12.0. The zero-order valence-electron chi connectivity index (χ0n) is 11.0.